The van der Waals surface area contributed by atoms with E-state index in [0.717, 1.165) is 26.0 Å². The molecule has 2 rings (SSSR count). The maximum absolute atomic E-state index is 5.87. The third-order valence-electron chi connectivity index (χ3n) is 2.21. The lowest BCUT2D eigenvalue weighted by atomic mass is 10.2. The maximum Gasteiger partial charge on any atom is 0.132 e. The van der Waals surface area contributed by atoms with Crippen LogP contribution in [0.25, 0.3) is 0 Å². The lowest BCUT2D eigenvalue weighted by Gasteiger charge is -2.10. The fourth-order valence-corrected chi connectivity index (χ4v) is 2.19. The molecule has 4 heteroatoms. The van der Waals surface area contributed by atoms with Gasteiger partial charge in [0.2, 0.25) is 0 Å². The van der Waals surface area contributed by atoms with E-state index >= 15 is 0 Å². The van der Waals surface area contributed by atoms with Crippen molar-refractivity contribution in [2.45, 2.75) is 5.88 Å². The molecule has 0 aliphatic rings. The molecule has 1 nitrogen and oxygen atoms in total. The third-order valence-corrected chi connectivity index (χ3v) is 3.52. The Morgan fingerprint density at radius 2 is 1.59 bits per heavy atom. The van der Waals surface area contributed by atoms with Gasteiger partial charge in [0, 0.05) is 14.5 Å². The Hall–Kier alpha value is -0.510. The standard InChI is InChI=1S/C13H9Br2ClO/c14-10-3-5-12(6-4-10)17-13-7-11(15)2-1-9(13)8-16/h1-7H,8H2. The van der Waals surface area contributed by atoms with Gasteiger partial charge >= 0.3 is 0 Å². The highest BCUT2D eigenvalue weighted by atomic mass is 79.9. The number of rotatable bonds is 3. The van der Waals surface area contributed by atoms with Crippen LogP contribution >= 0.6 is 43.5 Å². The summed E-state index contributed by atoms with van der Waals surface area (Å²) in [5.74, 6) is 1.99. The fourth-order valence-electron chi connectivity index (χ4n) is 1.36. The molecule has 0 spiro atoms. The van der Waals surface area contributed by atoms with Crippen molar-refractivity contribution < 1.29 is 4.74 Å². The first-order valence-corrected chi connectivity index (χ1v) is 7.09. The summed E-state index contributed by atoms with van der Waals surface area (Å²) in [4.78, 5) is 0. The molecule has 88 valence electrons. The van der Waals surface area contributed by atoms with Gasteiger partial charge in [-0.05, 0) is 36.4 Å². The van der Waals surface area contributed by atoms with E-state index in [4.69, 9.17) is 16.3 Å². The molecule has 0 radical (unpaired) electrons. The first-order chi connectivity index (χ1) is 8.19. The van der Waals surface area contributed by atoms with Crippen molar-refractivity contribution >= 4 is 43.5 Å². The number of ether oxygens (including phenoxy) is 1. The molecule has 0 N–H and O–H groups in total. The molecule has 0 atom stereocenters. The number of hydrogen-bond acceptors (Lipinski definition) is 1. The van der Waals surface area contributed by atoms with Crippen LogP contribution in [0.1, 0.15) is 5.56 Å². The summed E-state index contributed by atoms with van der Waals surface area (Å²) in [7, 11) is 0. The predicted molar refractivity (Wildman–Crippen MR) is 77.9 cm³/mol. The Morgan fingerprint density at radius 1 is 0.941 bits per heavy atom. The molecular weight excluding hydrogens is 367 g/mol. The molecule has 0 saturated carbocycles. The van der Waals surface area contributed by atoms with Crippen LogP contribution in [0.5, 0.6) is 11.5 Å². The van der Waals surface area contributed by atoms with E-state index in [2.05, 4.69) is 31.9 Å². The highest BCUT2D eigenvalue weighted by Crippen LogP contribution is 2.30. The summed E-state index contributed by atoms with van der Waals surface area (Å²) in [5.41, 5.74) is 0.970. The lowest BCUT2D eigenvalue weighted by Crippen LogP contribution is -1.89. The minimum Gasteiger partial charge on any atom is -0.457 e. The van der Waals surface area contributed by atoms with Crippen LogP contribution in [0.4, 0.5) is 0 Å². The van der Waals surface area contributed by atoms with Crippen LogP contribution in [-0.4, -0.2) is 0 Å². The van der Waals surface area contributed by atoms with E-state index in [0.29, 0.717) is 5.88 Å². The summed E-state index contributed by atoms with van der Waals surface area (Å²) >= 11 is 12.7. The third kappa shape index (κ3) is 3.47. The maximum atomic E-state index is 5.87. The van der Waals surface area contributed by atoms with Crippen molar-refractivity contribution in [3.63, 3.8) is 0 Å². The van der Waals surface area contributed by atoms with E-state index in [-0.39, 0.29) is 0 Å². The van der Waals surface area contributed by atoms with Crippen LogP contribution in [-0.2, 0) is 5.88 Å². The zero-order valence-electron chi connectivity index (χ0n) is 8.79. The van der Waals surface area contributed by atoms with E-state index in [1.807, 2.05) is 42.5 Å². The second-order valence-corrected chi connectivity index (χ2v) is 5.54. The van der Waals surface area contributed by atoms with E-state index < -0.39 is 0 Å². The van der Waals surface area contributed by atoms with Crippen molar-refractivity contribution in [1.82, 2.24) is 0 Å². The van der Waals surface area contributed by atoms with Gasteiger partial charge in [-0.15, -0.1) is 11.6 Å². The Morgan fingerprint density at radius 3 is 2.24 bits per heavy atom. The molecule has 17 heavy (non-hydrogen) atoms. The monoisotopic (exact) mass is 374 g/mol. The highest BCUT2D eigenvalue weighted by Gasteiger charge is 2.05. The Balaban J connectivity index is 2.28. The number of alkyl halides is 1. The molecule has 0 bridgehead atoms. The summed E-state index contributed by atoms with van der Waals surface area (Å²) in [5, 5.41) is 0. The van der Waals surface area contributed by atoms with Crippen LogP contribution in [0.3, 0.4) is 0 Å². The molecule has 0 unspecified atom stereocenters. The Kier molecular flexibility index (Phi) is 4.48. The van der Waals surface area contributed by atoms with E-state index in [9.17, 15) is 0 Å². The van der Waals surface area contributed by atoms with Gasteiger partial charge in [-0.25, -0.2) is 0 Å². The van der Waals surface area contributed by atoms with Crippen molar-refractivity contribution in [3.8, 4) is 11.5 Å². The Bertz CT molecular complexity index is 511. The normalized spacial score (nSPS) is 10.3. The van der Waals surface area contributed by atoms with Gasteiger partial charge in [0.05, 0.1) is 5.88 Å². The van der Waals surface area contributed by atoms with E-state index in [1.54, 1.807) is 0 Å². The second-order valence-electron chi connectivity index (χ2n) is 3.44. The lowest BCUT2D eigenvalue weighted by molar-refractivity contribution is 0.478. The first kappa shape index (κ1) is 12.9. The predicted octanol–water partition coefficient (Wildman–Crippen LogP) is 5.74. The van der Waals surface area contributed by atoms with Crippen molar-refractivity contribution in [2.75, 3.05) is 0 Å². The van der Waals surface area contributed by atoms with Gasteiger partial charge in [0.1, 0.15) is 11.5 Å². The second kappa shape index (κ2) is 5.89. The summed E-state index contributed by atoms with van der Waals surface area (Å²) in [6.45, 7) is 0. The van der Waals surface area contributed by atoms with Gasteiger partial charge in [-0.1, -0.05) is 37.9 Å². The molecule has 0 fully saturated rings. The Labute approximate surface area is 122 Å². The average Bonchev–Trinajstić information content (AvgIpc) is 2.32. The molecular formula is C13H9Br2ClO. The molecule has 0 amide bonds. The summed E-state index contributed by atoms with van der Waals surface area (Å²) in [6, 6.07) is 13.5. The number of benzene rings is 2. The van der Waals surface area contributed by atoms with Gasteiger partial charge in [0.25, 0.3) is 0 Å². The van der Waals surface area contributed by atoms with Crippen LogP contribution in [0.2, 0.25) is 0 Å². The minimum atomic E-state index is 0.430. The molecule has 0 saturated heterocycles. The van der Waals surface area contributed by atoms with Crippen LogP contribution in [0.15, 0.2) is 51.4 Å². The average molecular weight is 376 g/mol. The van der Waals surface area contributed by atoms with E-state index in [1.165, 1.54) is 0 Å². The quantitative estimate of drug-likeness (QED) is 0.621. The largest absolute Gasteiger partial charge is 0.457 e. The molecule has 2 aromatic carbocycles. The molecule has 0 heterocycles. The molecule has 0 aliphatic heterocycles. The minimum absolute atomic E-state index is 0.430. The topological polar surface area (TPSA) is 9.23 Å². The van der Waals surface area contributed by atoms with Crippen molar-refractivity contribution in [2.24, 2.45) is 0 Å². The number of halogens is 3. The summed E-state index contributed by atoms with van der Waals surface area (Å²) < 4.78 is 7.80. The fraction of sp³-hybridized carbons (Fsp3) is 0.0769. The van der Waals surface area contributed by atoms with Gasteiger partial charge in [0.15, 0.2) is 0 Å². The zero-order chi connectivity index (χ0) is 12.3. The van der Waals surface area contributed by atoms with Crippen molar-refractivity contribution in [3.05, 3.63) is 57.0 Å². The first-order valence-electron chi connectivity index (χ1n) is 4.97. The van der Waals surface area contributed by atoms with Crippen LogP contribution in [0, 0.1) is 0 Å². The van der Waals surface area contributed by atoms with Gasteiger partial charge in [-0.3, -0.25) is 0 Å². The van der Waals surface area contributed by atoms with Crippen molar-refractivity contribution in [1.29, 1.82) is 0 Å². The highest BCUT2D eigenvalue weighted by molar-refractivity contribution is 9.10. The molecule has 0 aliphatic carbocycles. The number of hydrogen-bond donors (Lipinski definition) is 0. The van der Waals surface area contributed by atoms with Crippen LogP contribution < -0.4 is 4.74 Å². The SMILES string of the molecule is ClCc1ccc(Br)cc1Oc1ccc(Br)cc1. The molecule has 2 aromatic rings. The zero-order valence-corrected chi connectivity index (χ0v) is 12.7. The smallest absolute Gasteiger partial charge is 0.132 e. The summed E-state index contributed by atoms with van der Waals surface area (Å²) in [6.07, 6.45) is 0. The van der Waals surface area contributed by atoms with Gasteiger partial charge < -0.3 is 4.74 Å². The van der Waals surface area contributed by atoms with Gasteiger partial charge in [-0.2, -0.15) is 0 Å². The molecule has 0 aromatic heterocycles.